The molecular weight excluding hydrogens is 314 g/mol. The molecule has 1 heterocycles. The van der Waals surface area contributed by atoms with Gasteiger partial charge in [0.15, 0.2) is 0 Å². The number of nitrogens with one attached hydrogen (secondary N) is 1. The van der Waals surface area contributed by atoms with Crippen LogP contribution >= 0.6 is 46.4 Å². The molecule has 2 aromatic rings. The highest BCUT2D eigenvalue weighted by Gasteiger charge is 2.07. The number of hydrogen-bond acceptors (Lipinski definition) is 2. The number of benzene rings is 1. The first-order valence-corrected chi connectivity index (χ1v) is 6.57. The highest BCUT2D eigenvalue weighted by atomic mass is 35.5. The summed E-state index contributed by atoms with van der Waals surface area (Å²) in [5, 5.41) is 4.77. The van der Waals surface area contributed by atoms with E-state index in [1.54, 1.807) is 6.07 Å². The number of hydrogen-bond donors (Lipinski definition) is 1. The molecule has 2 nitrogen and oxygen atoms in total. The Kier molecular flexibility index (Phi) is 4.57. The van der Waals surface area contributed by atoms with Crippen LogP contribution in [0.1, 0.15) is 5.56 Å². The summed E-state index contributed by atoms with van der Waals surface area (Å²) in [5.74, 6) is 0.501. The van der Waals surface area contributed by atoms with Gasteiger partial charge in [0, 0.05) is 11.6 Å². The van der Waals surface area contributed by atoms with Gasteiger partial charge in [-0.25, -0.2) is 4.98 Å². The smallest absolute Gasteiger partial charge is 0.150 e. The Morgan fingerprint density at radius 2 is 1.61 bits per heavy atom. The van der Waals surface area contributed by atoms with Crippen LogP contribution in [0.25, 0.3) is 0 Å². The van der Waals surface area contributed by atoms with Crippen molar-refractivity contribution in [3.63, 3.8) is 0 Å². The van der Waals surface area contributed by atoms with Gasteiger partial charge >= 0.3 is 0 Å². The molecule has 0 atom stereocenters. The average molecular weight is 322 g/mol. The zero-order chi connectivity index (χ0) is 13.1. The molecule has 0 aliphatic heterocycles. The number of aromatic nitrogens is 1. The van der Waals surface area contributed by atoms with Gasteiger partial charge in [-0.05, 0) is 23.8 Å². The second-order valence-corrected chi connectivity index (χ2v) is 5.18. The molecule has 94 valence electrons. The normalized spacial score (nSPS) is 10.4. The van der Waals surface area contributed by atoms with Crippen molar-refractivity contribution < 1.29 is 0 Å². The van der Waals surface area contributed by atoms with Crippen LogP contribution in [0.15, 0.2) is 30.3 Å². The summed E-state index contributed by atoms with van der Waals surface area (Å²) in [6.45, 7) is 0.571. The number of halogens is 4. The first kappa shape index (κ1) is 13.8. The molecule has 18 heavy (non-hydrogen) atoms. The largest absolute Gasteiger partial charge is 0.365 e. The molecule has 0 saturated carbocycles. The maximum Gasteiger partial charge on any atom is 0.150 e. The van der Waals surface area contributed by atoms with E-state index in [-0.39, 0.29) is 5.15 Å². The van der Waals surface area contributed by atoms with Crippen LogP contribution in [-0.4, -0.2) is 4.98 Å². The van der Waals surface area contributed by atoms with Crippen LogP contribution in [0.3, 0.4) is 0 Å². The molecule has 0 aliphatic carbocycles. The monoisotopic (exact) mass is 320 g/mol. The molecule has 1 aromatic carbocycles. The molecule has 0 spiro atoms. The molecule has 0 fully saturated rings. The zero-order valence-electron chi connectivity index (χ0n) is 9.05. The van der Waals surface area contributed by atoms with Crippen LogP contribution in [-0.2, 0) is 6.54 Å². The minimum atomic E-state index is 0.222. The van der Waals surface area contributed by atoms with Gasteiger partial charge in [-0.15, -0.1) is 0 Å². The van der Waals surface area contributed by atoms with E-state index in [9.17, 15) is 0 Å². The summed E-state index contributed by atoms with van der Waals surface area (Å²) >= 11 is 23.4. The van der Waals surface area contributed by atoms with Gasteiger partial charge in [-0.3, -0.25) is 0 Å². The number of anilines is 1. The Bertz CT molecular complexity index is 555. The van der Waals surface area contributed by atoms with Crippen LogP contribution in [0.2, 0.25) is 20.2 Å². The Morgan fingerprint density at radius 1 is 0.944 bits per heavy atom. The third kappa shape index (κ3) is 3.42. The predicted molar refractivity (Wildman–Crippen MR) is 78.0 cm³/mol. The van der Waals surface area contributed by atoms with Gasteiger partial charge in [0.2, 0.25) is 0 Å². The second-order valence-electron chi connectivity index (χ2n) is 3.57. The fraction of sp³-hybridized carbons (Fsp3) is 0.0833. The molecular formula is C12H8Cl4N2. The lowest BCUT2D eigenvalue weighted by Gasteiger charge is -2.08. The Labute approximate surface area is 125 Å². The number of nitrogens with zero attached hydrogens (tertiary/aromatic N) is 1. The van der Waals surface area contributed by atoms with E-state index in [0.29, 0.717) is 27.4 Å². The fourth-order valence-corrected chi connectivity index (χ4v) is 2.05. The summed E-state index contributed by atoms with van der Waals surface area (Å²) in [7, 11) is 0. The molecule has 0 bridgehead atoms. The van der Waals surface area contributed by atoms with Crippen molar-refractivity contribution in [1.82, 2.24) is 4.98 Å². The van der Waals surface area contributed by atoms with Crippen molar-refractivity contribution in [3.8, 4) is 0 Å². The first-order valence-electron chi connectivity index (χ1n) is 5.06. The van der Waals surface area contributed by atoms with E-state index in [0.717, 1.165) is 5.56 Å². The maximum absolute atomic E-state index is 6.00. The van der Waals surface area contributed by atoms with Gasteiger partial charge in [-0.1, -0.05) is 58.5 Å². The Hall–Kier alpha value is -0.670. The van der Waals surface area contributed by atoms with Crippen molar-refractivity contribution in [3.05, 3.63) is 56.1 Å². The van der Waals surface area contributed by atoms with Crippen molar-refractivity contribution in [2.75, 3.05) is 5.32 Å². The van der Waals surface area contributed by atoms with E-state index >= 15 is 0 Å². The van der Waals surface area contributed by atoms with Gasteiger partial charge < -0.3 is 5.32 Å². The van der Waals surface area contributed by atoms with Gasteiger partial charge in [-0.2, -0.15) is 0 Å². The number of rotatable bonds is 3. The van der Waals surface area contributed by atoms with Crippen LogP contribution in [0.5, 0.6) is 0 Å². The topological polar surface area (TPSA) is 24.9 Å². The first-order chi connectivity index (χ1) is 8.56. The summed E-state index contributed by atoms with van der Waals surface area (Å²) in [5.41, 5.74) is 1.06. The van der Waals surface area contributed by atoms with E-state index < -0.39 is 0 Å². The van der Waals surface area contributed by atoms with Crippen molar-refractivity contribution in [2.45, 2.75) is 6.54 Å². The fourth-order valence-electron chi connectivity index (χ4n) is 1.36. The molecule has 1 aromatic heterocycles. The summed E-state index contributed by atoms with van der Waals surface area (Å²) in [6, 6.07) is 9.04. The highest BCUT2D eigenvalue weighted by molar-refractivity contribution is 6.42. The third-order valence-electron chi connectivity index (χ3n) is 2.26. The van der Waals surface area contributed by atoms with E-state index in [1.165, 1.54) is 0 Å². The number of pyridine rings is 1. The average Bonchev–Trinajstić information content (AvgIpc) is 2.34. The van der Waals surface area contributed by atoms with Crippen LogP contribution < -0.4 is 5.32 Å². The lowest BCUT2D eigenvalue weighted by Crippen LogP contribution is -2.02. The molecule has 0 aliphatic rings. The minimum Gasteiger partial charge on any atom is -0.365 e. The molecule has 0 radical (unpaired) electrons. The molecule has 0 amide bonds. The van der Waals surface area contributed by atoms with E-state index in [2.05, 4.69) is 10.3 Å². The molecule has 0 unspecified atom stereocenters. The molecule has 2 rings (SSSR count). The van der Waals surface area contributed by atoms with Crippen LogP contribution in [0, 0.1) is 0 Å². The quantitative estimate of drug-likeness (QED) is 0.775. The van der Waals surface area contributed by atoms with Gasteiger partial charge in [0.05, 0.1) is 10.0 Å². The molecule has 6 heteroatoms. The third-order valence-corrected chi connectivity index (χ3v) is 3.47. The highest BCUT2D eigenvalue weighted by Crippen LogP contribution is 2.29. The second kappa shape index (κ2) is 5.98. The SMILES string of the molecule is Clc1ccc(CNc2nc(Cl)c(Cl)cc2Cl)cc1. The molecule has 0 saturated heterocycles. The van der Waals surface area contributed by atoms with E-state index in [1.807, 2.05) is 24.3 Å². The Morgan fingerprint density at radius 3 is 2.28 bits per heavy atom. The molecule has 1 N–H and O–H groups in total. The van der Waals surface area contributed by atoms with Crippen molar-refractivity contribution in [2.24, 2.45) is 0 Å². The summed E-state index contributed by atoms with van der Waals surface area (Å²) in [4.78, 5) is 4.07. The Balaban J connectivity index is 2.10. The van der Waals surface area contributed by atoms with Crippen molar-refractivity contribution >= 4 is 52.2 Å². The standard InChI is InChI=1S/C12H8Cl4N2/c13-8-3-1-7(2-4-8)6-17-12-10(15)5-9(14)11(16)18-12/h1-5H,6H2,(H,17,18). The lowest BCUT2D eigenvalue weighted by atomic mass is 10.2. The summed E-state index contributed by atoms with van der Waals surface area (Å²) < 4.78 is 0. The van der Waals surface area contributed by atoms with Gasteiger partial charge in [0.1, 0.15) is 11.0 Å². The predicted octanol–water partition coefficient (Wildman–Crippen LogP) is 5.31. The van der Waals surface area contributed by atoms with Crippen molar-refractivity contribution in [1.29, 1.82) is 0 Å². The van der Waals surface area contributed by atoms with Crippen LogP contribution in [0.4, 0.5) is 5.82 Å². The van der Waals surface area contributed by atoms with Gasteiger partial charge in [0.25, 0.3) is 0 Å². The summed E-state index contributed by atoms with van der Waals surface area (Å²) in [6.07, 6.45) is 0. The zero-order valence-corrected chi connectivity index (χ0v) is 12.1. The maximum atomic E-state index is 6.00. The van der Waals surface area contributed by atoms with E-state index in [4.69, 9.17) is 46.4 Å². The minimum absolute atomic E-state index is 0.222. The lowest BCUT2D eigenvalue weighted by molar-refractivity contribution is 1.11.